The van der Waals surface area contributed by atoms with Crippen LogP contribution in [0.5, 0.6) is 0 Å². The first-order chi connectivity index (χ1) is 16.3. The Balaban J connectivity index is 1.92. The van der Waals surface area contributed by atoms with Gasteiger partial charge in [0.25, 0.3) is 0 Å². The maximum absolute atomic E-state index is 12.8. The molecule has 0 aliphatic rings. The van der Waals surface area contributed by atoms with Gasteiger partial charge in [-0.05, 0) is 38.8 Å². The van der Waals surface area contributed by atoms with Crippen molar-refractivity contribution in [2.24, 2.45) is 11.8 Å². The molecular formula is C25H33N3O6. The molecule has 1 aromatic heterocycles. The topological polar surface area (TPSA) is 131 Å². The Morgan fingerprint density at radius 2 is 1.85 bits per heavy atom. The lowest BCUT2D eigenvalue weighted by Gasteiger charge is -2.21. The molecule has 0 aliphatic heterocycles. The molecule has 0 fully saturated rings. The highest BCUT2D eigenvalue weighted by Gasteiger charge is 2.28. The fourth-order valence-electron chi connectivity index (χ4n) is 3.27. The first-order valence-corrected chi connectivity index (χ1v) is 11.2. The number of carbonyl (C=O) groups is 3. The number of nitrogens with one attached hydrogen (secondary N) is 2. The van der Waals surface area contributed by atoms with Crippen LogP contribution in [0.1, 0.15) is 32.6 Å². The number of benzene rings is 1. The molecule has 0 spiro atoms. The standard InChI is InChI=1S/C25H33N3O6/c1-5-9-18(13-22-28-20-11-7-8-12-21(20)34-22)25(32)33-17(4)14-26-23(30)19(10-6-2)24(31)27-16(3)15-29/h5-8,11-12,16-19,29H,1-2,9-10,13-15H2,3-4H3,(H,26,30)(H,27,31)/t16-,17+,18-,19?/m1/s1. The van der Waals surface area contributed by atoms with Gasteiger partial charge >= 0.3 is 5.97 Å². The number of aliphatic hydroxyl groups excluding tert-OH is 1. The van der Waals surface area contributed by atoms with Gasteiger partial charge in [0, 0.05) is 12.5 Å². The molecule has 2 aromatic rings. The molecule has 34 heavy (non-hydrogen) atoms. The fourth-order valence-corrected chi connectivity index (χ4v) is 3.27. The maximum atomic E-state index is 12.8. The van der Waals surface area contributed by atoms with Gasteiger partial charge in [-0.2, -0.15) is 0 Å². The predicted octanol–water partition coefficient (Wildman–Crippen LogP) is 2.30. The number of nitrogens with zero attached hydrogens (tertiary/aromatic N) is 1. The maximum Gasteiger partial charge on any atom is 0.310 e. The zero-order chi connectivity index (χ0) is 25.1. The summed E-state index contributed by atoms with van der Waals surface area (Å²) in [4.78, 5) is 42.0. The quantitative estimate of drug-likeness (QED) is 0.219. The molecular weight excluding hydrogens is 438 g/mol. The van der Waals surface area contributed by atoms with Crippen molar-refractivity contribution >= 4 is 28.9 Å². The van der Waals surface area contributed by atoms with Crippen molar-refractivity contribution < 1.29 is 28.6 Å². The number of para-hydroxylation sites is 2. The van der Waals surface area contributed by atoms with Crippen molar-refractivity contribution in [2.75, 3.05) is 13.2 Å². The SMILES string of the molecule is C=CCC(C(=O)NC[C@H](C)OC(=O)[C@H](CC=C)Cc1nc2ccccc2o1)C(=O)N[C@H](C)CO. The molecule has 2 rings (SSSR count). The van der Waals surface area contributed by atoms with E-state index in [2.05, 4.69) is 28.8 Å². The summed E-state index contributed by atoms with van der Waals surface area (Å²) in [6, 6.07) is 6.87. The van der Waals surface area contributed by atoms with Crippen molar-refractivity contribution in [3.63, 3.8) is 0 Å². The summed E-state index contributed by atoms with van der Waals surface area (Å²) in [7, 11) is 0. The van der Waals surface area contributed by atoms with Crippen LogP contribution in [0, 0.1) is 11.8 Å². The second kappa shape index (κ2) is 13.3. The molecule has 9 nitrogen and oxygen atoms in total. The van der Waals surface area contributed by atoms with Gasteiger partial charge in [-0.1, -0.05) is 24.3 Å². The normalized spacial score (nSPS) is 14.4. The van der Waals surface area contributed by atoms with Crippen LogP contribution < -0.4 is 10.6 Å². The molecule has 0 aliphatic carbocycles. The number of hydrogen-bond donors (Lipinski definition) is 3. The van der Waals surface area contributed by atoms with Crippen molar-refractivity contribution in [2.45, 2.75) is 45.3 Å². The molecule has 1 heterocycles. The van der Waals surface area contributed by atoms with E-state index in [0.717, 1.165) is 0 Å². The summed E-state index contributed by atoms with van der Waals surface area (Å²) in [6.45, 7) is 10.4. The first-order valence-electron chi connectivity index (χ1n) is 11.2. The molecule has 3 N–H and O–H groups in total. The highest BCUT2D eigenvalue weighted by atomic mass is 16.5. The number of carbonyl (C=O) groups excluding carboxylic acids is 3. The van der Waals surface area contributed by atoms with Crippen LogP contribution in [-0.2, 0) is 25.5 Å². The summed E-state index contributed by atoms with van der Waals surface area (Å²) in [5.41, 5.74) is 1.36. The molecule has 9 heteroatoms. The van der Waals surface area contributed by atoms with Crippen LogP contribution in [0.4, 0.5) is 0 Å². The monoisotopic (exact) mass is 471 g/mol. The average Bonchev–Trinajstić information content (AvgIpc) is 3.23. The van der Waals surface area contributed by atoms with Gasteiger partial charge in [-0.25, -0.2) is 4.98 Å². The summed E-state index contributed by atoms with van der Waals surface area (Å²) in [5.74, 6) is -2.58. The number of rotatable bonds is 14. The van der Waals surface area contributed by atoms with Gasteiger partial charge in [0.1, 0.15) is 17.5 Å². The summed E-state index contributed by atoms with van der Waals surface area (Å²) >= 11 is 0. The number of aliphatic hydroxyl groups is 1. The number of amides is 2. The van der Waals surface area contributed by atoms with E-state index in [1.165, 1.54) is 6.08 Å². The van der Waals surface area contributed by atoms with Crippen LogP contribution in [0.15, 0.2) is 54.0 Å². The number of ether oxygens (including phenoxy) is 1. The second-order valence-electron chi connectivity index (χ2n) is 8.16. The number of aromatic nitrogens is 1. The third-order valence-corrected chi connectivity index (χ3v) is 5.12. The Hall–Kier alpha value is -3.46. The molecule has 4 atom stereocenters. The Morgan fingerprint density at radius 1 is 1.15 bits per heavy atom. The van der Waals surface area contributed by atoms with Crippen molar-refractivity contribution in [1.82, 2.24) is 15.6 Å². The van der Waals surface area contributed by atoms with Crippen molar-refractivity contribution in [3.05, 3.63) is 55.5 Å². The van der Waals surface area contributed by atoms with Gasteiger partial charge in [-0.3, -0.25) is 14.4 Å². The lowest BCUT2D eigenvalue weighted by molar-refractivity contribution is -0.153. The van der Waals surface area contributed by atoms with E-state index in [0.29, 0.717) is 23.4 Å². The molecule has 1 aromatic carbocycles. The fraction of sp³-hybridized carbons (Fsp3) is 0.440. The lowest BCUT2D eigenvalue weighted by Crippen LogP contribution is -2.46. The Kier molecular flexibility index (Phi) is 10.5. The van der Waals surface area contributed by atoms with E-state index in [4.69, 9.17) is 14.3 Å². The van der Waals surface area contributed by atoms with Gasteiger partial charge in [0.2, 0.25) is 11.8 Å². The van der Waals surface area contributed by atoms with Crippen LogP contribution in [0.3, 0.4) is 0 Å². The molecule has 2 amide bonds. The minimum absolute atomic E-state index is 0.0325. The van der Waals surface area contributed by atoms with Gasteiger partial charge in [0.05, 0.1) is 19.1 Å². The van der Waals surface area contributed by atoms with Crippen molar-refractivity contribution in [1.29, 1.82) is 0 Å². The summed E-state index contributed by atoms with van der Waals surface area (Å²) < 4.78 is 11.2. The van der Waals surface area contributed by atoms with E-state index in [1.54, 1.807) is 19.9 Å². The van der Waals surface area contributed by atoms with Gasteiger partial charge < -0.3 is 24.9 Å². The molecule has 0 bridgehead atoms. The van der Waals surface area contributed by atoms with E-state index in [1.807, 2.05) is 24.3 Å². The van der Waals surface area contributed by atoms with E-state index >= 15 is 0 Å². The van der Waals surface area contributed by atoms with Crippen molar-refractivity contribution in [3.8, 4) is 0 Å². The summed E-state index contributed by atoms with van der Waals surface area (Å²) in [6.07, 6.45) is 3.24. The van der Waals surface area contributed by atoms with Gasteiger partial charge in [0.15, 0.2) is 11.5 Å². The number of hydrogen-bond acceptors (Lipinski definition) is 7. The number of esters is 1. The molecule has 0 radical (unpaired) electrons. The Morgan fingerprint density at radius 3 is 2.50 bits per heavy atom. The first kappa shape index (κ1) is 26.8. The minimum Gasteiger partial charge on any atom is -0.461 e. The predicted molar refractivity (Wildman–Crippen MR) is 128 cm³/mol. The second-order valence-corrected chi connectivity index (χ2v) is 8.16. The van der Waals surface area contributed by atoms with E-state index in [9.17, 15) is 14.4 Å². The Labute approximate surface area is 199 Å². The lowest BCUT2D eigenvalue weighted by atomic mass is 10.0. The van der Waals surface area contributed by atoms with Crippen LogP contribution in [0.25, 0.3) is 11.1 Å². The number of allylic oxidation sites excluding steroid dienone is 2. The number of fused-ring (bicyclic) bond motifs is 1. The van der Waals surface area contributed by atoms with Crippen LogP contribution in [-0.4, -0.2) is 53.2 Å². The van der Waals surface area contributed by atoms with Crippen LogP contribution >= 0.6 is 0 Å². The third-order valence-electron chi connectivity index (χ3n) is 5.12. The smallest absolute Gasteiger partial charge is 0.310 e. The highest BCUT2D eigenvalue weighted by molar-refractivity contribution is 6.00. The average molecular weight is 472 g/mol. The Bertz CT molecular complexity index is 968. The van der Waals surface area contributed by atoms with E-state index in [-0.39, 0.29) is 26.0 Å². The molecule has 0 saturated heterocycles. The minimum atomic E-state index is -0.998. The van der Waals surface area contributed by atoms with E-state index < -0.39 is 41.8 Å². The molecule has 1 unspecified atom stereocenters. The third kappa shape index (κ3) is 7.84. The zero-order valence-corrected chi connectivity index (χ0v) is 19.7. The summed E-state index contributed by atoms with van der Waals surface area (Å²) in [5, 5.41) is 14.3. The van der Waals surface area contributed by atoms with Gasteiger partial charge in [-0.15, -0.1) is 13.2 Å². The molecule has 184 valence electrons. The number of oxazole rings is 1. The zero-order valence-electron chi connectivity index (χ0n) is 19.7. The highest BCUT2D eigenvalue weighted by Crippen LogP contribution is 2.20. The largest absolute Gasteiger partial charge is 0.461 e. The molecule has 0 saturated carbocycles. The van der Waals surface area contributed by atoms with Crippen LogP contribution in [0.2, 0.25) is 0 Å².